The minimum Gasteiger partial charge on any atom is -0.134 e. The first-order valence-corrected chi connectivity index (χ1v) is 10.5. The molecule has 0 spiro atoms. The topological polar surface area (TPSA) is 0 Å². The highest BCUT2D eigenvalue weighted by Crippen LogP contribution is 2.51. The Morgan fingerprint density at radius 2 is 1.12 bits per heavy atom. The van der Waals surface area contributed by atoms with E-state index in [4.69, 9.17) is 0 Å². The van der Waals surface area contributed by atoms with Gasteiger partial charge < -0.3 is 0 Å². The molecule has 25 heavy (non-hydrogen) atoms. The van der Waals surface area contributed by atoms with Crippen LogP contribution in [0.4, 0.5) is 0 Å². The smallest absolute Gasteiger partial charge is 0.0604 e. The Morgan fingerprint density at radius 3 is 1.84 bits per heavy atom. The molecule has 0 saturated carbocycles. The van der Waals surface area contributed by atoms with Gasteiger partial charge in [-0.15, -0.1) is 22.7 Å². The fraction of sp³-hybridized carbons (Fsp3) is 0. The van der Waals surface area contributed by atoms with Crippen LogP contribution in [0, 0.1) is 0 Å². The molecule has 5 rings (SSSR count). The minimum absolute atomic E-state index is 1.21. The second-order valence-corrected chi connectivity index (χ2v) is 8.81. The summed E-state index contributed by atoms with van der Waals surface area (Å²) in [6.45, 7) is 0. The van der Waals surface area contributed by atoms with Gasteiger partial charge in [-0.3, -0.25) is 0 Å². The molecule has 0 aliphatic heterocycles. The maximum atomic E-state index is 3.87. The zero-order chi connectivity index (χ0) is 16.8. The van der Waals surface area contributed by atoms with Gasteiger partial charge in [0.2, 0.25) is 0 Å². The van der Waals surface area contributed by atoms with Crippen molar-refractivity contribution in [1.82, 2.24) is 0 Å². The molecule has 120 valence electrons. The highest BCUT2D eigenvalue weighted by molar-refractivity contribution is 9.10. The molecule has 0 saturated heterocycles. The molecule has 0 N–H and O–H groups in total. The van der Waals surface area contributed by atoms with Gasteiger partial charge in [0.1, 0.15) is 0 Å². The molecule has 3 aromatic carbocycles. The normalized spacial score (nSPS) is 11.4. The van der Waals surface area contributed by atoms with E-state index in [2.05, 4.69) is 94.8 Å². The van der Waals surface area contributed by atoms with E-state index in [0.29, 0.717) is 0 Å². The van der Waals surface area contributed by atoms with Crippen LogP contribution in [0.25, 0.3) is 41.1 Å². The number of benzene rings is 3. The Labute approximate surface area is 162 Å². The quantitative estimate of drug-likeness (QED) is 0.269. The lowest BCUT2D eigenvalue weighted by Crippen LogP contribution is -1.78. The van der Waals surface area contributed by atoms with E-state index in [1.807, 2.05) is 22.7 Å². The van der Waals surface area contributed by atoms with E-state index in [1.54, 1.807) is 0 Å². The number of fused-ring (bicyclic) bond motifs is 2. The van der Waals surface area contributed by atoms with Crippen LogP contribution in [0.15, 0.2) is 83.3 Å². The van der Waals surface area contributed by atoms with Crippen molar-refractivity contribution in [2.45, 2.75) is 0 Å². The van der Waals surface area contributed by atoms with Crippen LogP contribution in [-0.4, -0.2) is 0 Å². The predicted octanol–water partition coefficient (Wildman–Crippen LogP) is 8.21. The van der Waals surface area contributed by atoms with E-state index in [-0.39, 0.29) is 0 Å². The van der Waals surface area contributed by atoms with Crippen molar-refractivity contribution >= 4 is 58.8 Å². The largest absolute Gasteiger partial charge is 0.134 e. The van der Waals surface area contributed by atoms with Crippen molar-refractivity contribution in [1.29, 1.82) is 0 Å². The van der Waals surface area contributed by atoms with Gasteiger partial charge in [0.15, 0.2) is 0 Å². The zero-order valence-electron chi connectivity index (χ0n) is 13.2. The summed E-state index contributed by atoms with van der Waals surface area (Å²) in [5.41, 5.74) is 2.62. The molecule has 0 bridgehead atoms. The molecule has 0 nitrogen and oxygen atoms in total. The van der Waals surface area contributed by atoms with E-state index in [9.17, 15) is 0 Å². The highest BCUT2D eigenvalue weighted by Gasteiger charge is 2.20. The Bertz CT molecular complexity index is 1200. The molecule has 0 radical (unpaired) electrons. The third-order valence-corrected chi connectivity index (χ3v) is 7.99. The van der Waals surface area contributed by atoms with E-state index < -0.39 is 0 Å². The van der Waals surface area contributed by atoms with Gasteiger partial charge >= 0.3 is 0 Å². The SMILES string of the molecule is Brc1c(-c2sc3ccccc3c2-c2ccccc2)sc2ccccc12. The molecule has 2 heterocycles. The Morgan fingerprint density at radius 1 is 0.560 bits per heavy atom. The fourth-order valence-corrected chi connectivity index (χ4v) is 6.77. The molecule has 0 amide bonds. The summed E-state index contributed by atoms with van der Waals surface area (Å²) < 4.78 is 3.86. The van der Waals surface area contributed by atoms with Gasteiger partial charge in [0.05, 0.1) is 9.75 Å². The van der Waals surface area contributed by atoms with Crippen molar-refractivity contribution in [3.63, 3.8) is 0 Å². The average molecular weight is 421 g/mol. The lowest BCUT2D eigenvalue weighted by atomic mass is 10.0. The molecule has 0 aliphatic rings. The van der Waals surface area contributed by atoms with Crippen molar-refractivity contribution in [3.05, 3.63) is 83.3 Å². The van der Waals surface area contributed by atoms with Gasteiger partial charge in [-0.25, -0.2) is 0 Å². The molecule has 3 heteroatoms. The second-order valence-electron chi connectivity index (χ2n) is 5.91. The van der Waals surface area contributed by atoms with Gasteiger partial charge in [0, 0.05) is 30.2 Å². The van der Waals surface area contributed by atoms with E-state index >= 15 is 0 Å². The standard InChI is InChI=1S/C22H13BrS2/c23-20-16-11-5-7-13-18(16)25-22(20)21-19(14-8-2-1-3-9-14)15-10-4-6-12-17(15)24-21/h1-13H. The molecule has 2 aromatic heterocycles. The number of hydrogen-bond acceptors (Lipinski definition) is 2. The third kappa shape index (κ3) is 2.46. The molecule has 0 fully saturated rings. The van der Waals surface area contributed by atoms with Gasteiger partial charge in [-0.05, 0) is 33.6 Å². The maximum absolute atomic E-state index is 3.87. The first-order valence-electron chi connectivity index (χ1n) is 8.07. The average Bonchev–Trinajstić information content (AvgIpc) is 3.21. The van der Waals surface area contributed by atoms with Crippen molar-refractivity contribution in [2.75, 3.05) is 0 Å². The number of rotatable bonds is 2. The van der Waals surface area contributed by atoms with Crippen molar-refractivity contribution in [3.8, 4) is 20.9 Å². The molecular formula is C22H13BrS2. The Balaban J connectivity index is 1.88. The molecular weight excluding hydrogens is 408 g/mol. The van der Waals surface area contributed by atoms with E-state index in [0.717, 1.165) is 0 Å². The Hall–Kier alpha value is -1.94. The van der Waals surface area contributed by atoms with Gasteiger partial charge in [-0.2, -0.15) is 0 Å². The summed E-state index contributed by atoms with van der Waals surface area (Å²) >= 11 is 7.62. The van der Waals surface area contributed by atoms with Crippen LogP contribution in [-0.2, 0) is 0 Å². The van der Waals surface area contributed by atoms with Crippen molar-refractivity contribution in [2.24, 2.45) is 0 Å². The highest BCUT2D eigenvalue weighted by atomic mass is 79.9. The molecule has 0 atom stereocenters. The van der Waals surface area contributed by atoms with Crippen LogP contribution < -0.4 is 0 Å². The van der Waals surface area contributed by atoms with Crippen LogP contribution in [0.2, 0.25) is 0 Å². The zero-order valence-corrected chi connectivity index (χ0v) is 16.4. The summed E-state index contributed by atoms with van der Waals surface area (Å²) in [6.07, 6.45) is 0. The van der Waals surface area contributed by atoms with Crippen LogP contribution in [0.3, 0.4) is 0 Å². The summed E-state index contributed by atoms with van der Waals surface area (Å²) in [4.78, 5) is 2.67. The lowest BCUT2D eigenvalue weighted by molar-refractivity contribution is 1.68. The van der Waals surface area contributed by atoms with Gasteiger partial charge in [0.25, 0.3) is 0 Å². The summed E-state index contributed by atoms with van der Waals surface area (Å²) in [6, 6.07) is 28.0. The predicted molar refractivity (Wildman–Crippen MR) is 116 cm³/mol. The van der Waals surface area contributed by atoms with E-state index in [1.165, 1.54) is 45.5 Å². The Kier molecular flexibility index (Phi) is 3.74. The van der Waals surface area contributed by atoms with Gasteiger partial charge in [-0.1, -0.05) is 66.7 Å². The first-order chi connectivity index (χ1) is 12.3. The number of hydrogen-bond donors (Lipinski definition) is 0. The van der Waals surface area contributed by atoms with Crippen molar-refractivity contribution < 1.29 is 0 Å². The lowest BCUT2D eigenvalue weighted by Gasteiger charge is -2.04. The molecule has 0 unspecified atom stereocenters. The van der Waals surface area contributed by atoms with Crippen LogP contribution in [0.1, 0.15) is 0 Å². The number of halogens is 1. The molecule has 5 aromatic rings. The summed E-state index contributed by atoms with van der Waals surface area (Å²) in [5, 5.41) is 2.62. The fourth-order valence-electron chi connectivity index (χ4n) is 3.26. The third-order valence-electron chi connectivity index (χ3n) is 4.40. The molecule has 0 aliphatic carbocycles. The second kappa shape index (κ2) is 6.10. The van der Waals surface area contributed by atoms with Crippen LogP contribution in [0.5, 0.6) is 0 Å². The summed E-state index contributed by atoms with van der Waals surface area (Å²) in [7, 11) is 0. The number of thiophene rings is 2. The maximum Gasteiger partial charge on any atom is 0.0604 e. The van der Waals surface area contributed by atoms with Crippen LogP contribution >= 0.6 is 38.6 Å². The monoisotopic (exact) mass is 420 g/mol. The minimum atomic E-state index is 1.21. The first kappa shape index (κ1) is 15.3. The summed E-state index contributed by atoms with van der Waals surface area (Å²) in [5.74, 6) is 0.